The number of aromatic amines is 1. The number of thiazole rings is 1. The van der Waals surface area contributed by atoms with E-state index in [1.165, 1.54) is 75.5 Å². The Morgan fingerprint density at radius 2 is 1.38 bits per heavy atom. The number of fused-ring (bicyclic) bond motifs is 1. The van der Waals surface area contributed by atoms with E-state index in [1.807, 2.05) is 18.2 Å². The molecule has 0 unspecified atom stereocenters. The molecule has 0 saturated carbocycles. The molecular weight excluding hydrogens is 356 g/mol. The second-order valence-corrected chi connectivity index (χ2v) is 9.93. The Morgan fingerprint density at radius 1 is 0.846 bits per heavy atom. The molecule has 0 fully saturated rings. The topological polar surface area (TPSA) is 15.8 Å². The second kappa shape index (κ2) is 13.5. The predicted octanol–water partition coefficient (Wildman–Crippen LogP) is 7.57. The van der Waals surface area contributed by atoms with Crippen LogP contribution in [0.1, 0.15) is 71.1 Å². The fraction of sp³-hybridized carbons (Fsp3) is 0.682. The number of nitrogens with one attached hydrogen (secondary N) is 1. The maximum Gasteiger partial charge on any atom is 0.159 e. The van der Waals surface area contributed by atoms with Gasteiger partial charge in [0, 0.05) is 0 Å². The van der Waals surface area contributed by atoms with E-state index in [-0.39, 0.29) is 0 Å². The van der Waals surface area contributed by atoms with Gasteiger partial charge in [0.1, 0.15) is 0 Å². The van der Waals surface area contributed by atoms with E-state index >= 15 is 0 Å². The lowest BCUT2D eigenvalue weighted by molar-refractivity contribution is -0.870. The number of aromatic nitrogens is 1. The van der Waals surface area contributed by atoms with Gasteiger partial charge in [-0.05, 0) is 37.2 Å². The number of unbranched alkanes of at least 4 members (excludes halogenated alkanes) is 9. The molecule has 148 valence electrons. The first-order chi connectivity index (χ1) is 12.4. The molecule has 0 radical (unpaired) electrons. The number of benzene rings is 1. The van der Waals surface area contributed by atoms with Crippen LogP contribution >= 0.6 is 23.6 Å². The zero-order valence-corrected chi connectivity index (χ0v) is 19.0. The summed E-state index contributed by atoms with van der Waals surface area (Å²) in [5, 5.41) is 0. The molecule has 4 heteroatoms. The number of nitrogens with zero attached hydrogens (tertiary/aromatic N) is 1. The lowest BCUT2D eigenvalue weighted by Gasteiger charge is -2.23. The molecule has 2 aromatic rings. The second-order valence-electron chi connectivity index (χ2n) is 8.21. The average molecular weight is 396 g/mol. The van der Waals surface area contributed by atoms with E-state index < -0.39 is 0 Å². The molecule has 0 bridgehead atoms. The molecule has 26 heavy (non-hydrogen) atoms. The summed E-state index contributed by atoms with van der Waals surface area (Å²) in [7, 11) is 6.86. The quantitative estimate of drug-likeness (QED) is 0.235. The molecule has 2 rings (SSSR count). The first kappa shape index (κ1) is 23.3. The van der Waals surface area contributed by atoms with E-state index in [0.717, 1.165) is 14.0 Å². The number of H-pyrrole nitrogens is 1. The Kier molecular flexibility index (Phi) is 12.1. The molecule has 0 amide bonds. The minimum Gasteiger partial charge on any atom is -0.337 e. The molecule has 1 aromatic heterocycles. The van der Waals surface area contributed by atoms with Crippen LogP contribution in [0.25, 0.3) is 10.2 Å². The molecule has 0 spiro atoms. The summed E-state index contributed by atoms with van der Waals surface area (Å²) in [6.45, 7) is 3.62. The maximum atomic E-state index is 4.98. The summed E-state index contributed by atoms with van der Waals surface area (Å²) < 4.78 is 3.20. The van der Waals surface area contributed by atoms with Gasteiger partial charge in [0.2, 0.25) is 0 Å². The van der Waals surface area contributed by atoms with E-state index in [4.69, 9.17) is 12.2 Å². The third kappa shape index (κ3) is 11.8. The van der Waals surface area contributed by atoms with Crippen LogP contribution in [0.3, 0.4) is 0 Å². The highest BCUT2D eigenvalue weighted by atomic mass is 32.1. The third-order valence-corrected chi connectivity index (χ3v) is 5.72. The Hall–Kier alpha value is -0.710. The van der Waals surface area contributed by atoms with Crippen molar-refractivity contribution in [2.75, 3.05) is 27.7 Å². The van der Waals surface area contributed by atoms with Gasteiger partial charge in [0.15, 0.2) is 3.95 Å². The molecule has 1 aromatic carbocycles. The number of quaternary nitrogens is 1. The molecule has 0 aliphatic rings. The van der Waals surface area contributed by atoms with E-state index in [2.05, 4.69) is 39.1 Å². The molecular formula is C22H39N2S2+. The van der Waals surface area contributed by atoms with Gasteiger partial charge in [0.05, 0.1) is 37.9 Å². The van der Waals surface area contributed by atoms with Gasteiger partial charge in [-0.25, -0.2) is 0 Å². The summed E-state index contributed by atoms with van der Waals surface area (Å²) in [5.74, 6) is 0. The van der Waals surface area contributed by atoms with Crippen LogP contribution in [-0.2, 0) is 0 Å². The number of para-hydroxylation sites is 1. The van der Waals surface area contributed by atoms with Gasteiger partial charge in [0.25, 0.3) is 0 Å². The smallest absolute Gasteiger partial charge is 0.159 e. The summed E-state index contributed by atoms with van der Waals surface area (Å²) in [6.07, 6.45) is 14.4. The lowest BCUT2D eigenvalue weighted by Crippen LogP contribution is -2.35. The average Bonchev–Trinajstić information content (AvgIpc) is 2.96. The minimum absolute atomic E-state index is 0.848. The molecule has 2 nitrogen and oxygen atoms in total. The number of hydrogen-bond acceptors (Lipinski definition) is 2. The predicted molar refractivity (Wildman–Crippen MR) is 122 cm³/mol. The van der Waals surface area contributed by atoms with Crippen LogP contribution in [0.4, 0.5) is 0 Å². The number of hydrogen-bond donors (Lipinski definition) is 1. The number of rotatable bonds is 11. The van der Waals surface area contributed by atoms with Crippen molar-refractivity contribution in [1.29, 1.82) is 0 Å². The largest absolute Gasteiger partial charge is 0.337 e. The highest BCUT2D eigenvalue weighted by molar-refractivity contribution is 7.73. The summed E-state index contributed by atoms with van der Waals surface area (Å²) in [4.78, 5) is 3.09. The zero-order valence-electron chi connectivity index (χ0n) is 17.4. The van der Waals surface area contributed by atoms with Crippen LogP contribution in [0, 0.1) is 3.95 Å². The van der Waals surface area contributed by atoms with E-state index in [0.29, 0.717) is 0 Å². The van der Waals surface area contributed by atoms with E-state index in [1.54, 1.807) is 11.3 Å². The highest BCUT2D eigenvalue weighted by Crippen LogP contribution is 2.17. The molecule has 1 N–H and O–H groups in total. The van der Waals surface area contributed by atoms with Crippen LogP contribution in [0.15, 0.2) is 24.3 Å². The van der Waals surface area contributed by atoms with E-state index in [9.17, 15) is 0 Å². The maximum absolute atomic E-state index is 4.98. The van der Waals surface area contributed by atoms with Crippen molar-refractivity contribution in [2.24, 2.45) is 0 Å². The first-order valence-electron chi connectivity index (χ1n) is 10.3. The molecule has 0 saturated heterocycles. The highest BCUT2D eigenvalue weighted by Gasteiger charge is 2.04. The van der Waals surface area contributed by atoms with Crippen LogP contribution in [0.5, 0.6) is 0 Å². The molecule has 1 heterocycles. The van der Waals surface area contributed by atoms with Crippen LogP contribution < -0.4 is 0 Å². The van der Waals surface area contributed by atoms with Gasteiger partial charge in [-0.2, -0.15) is 0 Å². The van der Waals surface area contributed by atoms with Crippen molar-refractivity contribution in [2.45, 2.75) is 71.1 Å². The van der Waals surface area contributed by atoms with Crippen molar-refractivity contribution in [3.05, 3.63) is 28.2 Å². The monoisotopic (exact) mass is 395 g/mol. The molecule has 0 atom stereocenters. The third-order valence-electron chi connectivity index (χ3n) is 4.51. The van der Waals surface area contributed by atoms with Gasteiger partial charge in [-0.15, -0.1) is 11.3 Å². The Morgan fingerprint density at radius 3 is 1.92 bits per heavy atom. The standard InChI is InChI=1S/C15H34N.C7H5NS2/c1-5-6-7-8-9-10-11-12-13-14-15-16(2,3)4;9-7-8-5-3-1-2-4-6(5)10-7/h5-15H2,1-4H3;1-4H,(H,8,9)/q+1;. The minimum atomic E-state index is 0.848. The van der Waals surface area contributed by atoms with Gasteiger partial charge < -0.3 is 9.47 Å². The summed E-state index contributed by atoms with van der Waals surface area (Å²) in [6, 6.07) is 8.11. The van der Waals surface area contributed by atoms with Crippen molar-refractivity contribution in [3.63, 3.8) is 0 Å². The lowest BCUT2D eigenvalue weighted by atomic mass is 10.1. The fourth-order valence-corrected chi connectivity index (χ4v) is 4.08. The van der Waals surface area contributed by atoms with Gasteiger partial charge >= 0.3 is 0 Å². The first-order valence-corrected chi connectivity index (χ1v) is 11.5. The van der Waals surface area contributed by atoms with Crippen molar-refractivity contribution in [1.82, 2.24) is 4.98 Å². The summed E-state index contributed by atoms with van der Waals surface area (Å²) in [5.41, 5.74) is 1.14. The van der Waals surface area contributed by atoms with Crippen LogP contribution in [0.2, 0.25) is 0 Å². The zero-order chi connectivity index (χ0) is 19.3. The normalized spacial score (nSPS) is 11.4. The van der Waals surface area contributed by atoms with Crippen molar-refractivity contribution in [3.8, 4) is 0 Å². The van der Waals surface area contributed by atoms with Crippen LogP contribution in [-0.4, -0.2) is 37.2 Å². The molecule has 0 aliphatic carbocycles. The van der Waals surface area contributed by atoms with Gasteiger partial charge in [-0.1, -0.05) is 70.4 Å². The fourth-order valence-electron chi connectivity index (χ4n) is 2.97. The molecule has 0 aliphatic heterocycles. The van der Waals surface area contributed by atoms with Gasteiger partial charge in [-0.3, -0.25) is 0 Å². The Balaban J connectivity index is 0.000000284. The summed E-state index contributed by atoms with van der Waals surface area (Å²) >= 11 is 6.59. The van der Waals surface area contributed by atoms with Crippen molar-refractivity contribution < 1.29 is 4.48 Å². The van der Waals surface area contributed by atoms with Crippen molar-refractivity contribution >= 4 is 33.8 Å². The SMILES string of the molecule is CCCCCCCCCCCC[N+](C)(C)C.S=c1[nH]c2ccccc2s1. The Bertz CT molecular complexity index is 601. The Labute approximate surface area is 170 Å².